The van der Waals surface area contributed by atoms with E-state index in [0.717, 1.165) is 17.4 Å². The molecule has 4 bridgehead atoms. The van der Waals surface area contributed by atoms with E-state index in [1.54, 1.807) is 12.1 Å². The average Bonchev–Trinajstić information content (AvgIpc) is 2.97. The third kappa shape index (κ3) is 3.06. The smallest absolute Gasteiger partial charge is 0.257 e. The molecular weight excluding hydrogens is 356 g/mol. The molecule has 1 aromatic heterocycles. The Morgan fingerprint density at radius 2 is 1.92 bits per heavy atom. The lowest BCUT2D eigenvalue weighted by Crippen LogP contribution is -2.56. The zero-order chi connectivity index (χ0) is 17.0. The van der Waals surface area contributed by atoms with Gasteiger partial charge in [0, 0.05) is 11.1 Å². The van der Waals surface area contributed by atoms with Crippen molar-refractivity contribution in [3.05, 3.63) is 23.2 Å². The highest BCUT2D eigenvalue weighted by atomic mass is 35.5. The molecule has 132 valence electrons. The number of thioether (sulfide) groups is 1. The molecule has 4 fully saturated rings. The molecule has 6 heteroatoms. The molecule has 0 unspecified atom stereocenters. The topological polar surface area (TPSA) is 55.1 Å². The number of nitrogens with one attached hydrogen (secondary N) is 1. The van der Waals surface area contributed by atoms with Crippen LogP contribution in [0.3, 0.4) is 0 Å². The van der Waals surface area contributed by atoms with Gasteiger partial charge in [0.05, 0.1) is 5.75 Å². The fourth-order valence-electron chi connectivity index (χ4n) is 5.46. The number of benzene rings is 1. The monoisotopic (exact) mass is 376 g/mol. The highest BCUT2D eigenvalue weighted by molar-refractivity contribution is 7.99. The second-order valence-electron chi connectivity index (χ2n) is 7.90. The van der Waals surface area contributed by atoms with Gasteiger partial charge in [-0.15, -0.1) is 0 Å². The number of aromatic nitrogens is 1. The van der Waals surface area contributed by atoms with E-state index in [9.17, 15) is 4.79 Å². The van der Waals surface area contributed by atoms with Gasteiger partial charge >= 0.3 is 0 Å². The average molecular weight is 377 g/mol. The molecule has 4 aliphatic carbocycles. The van der Waals surface area contributed by atoms with Gasteiger partial charge in [-0.05, 0) is 74.0 Å². The van der Waals surface area contributed by atoms with Crippen LogP contribution in [-0.2, 0) is 4.79 Å². The van der Waals surface area contributed by atoms with E-state index in [2.05, 4.69) is 10.3 Å². The van der Waals surface area contributed by atoms with Gasteiger partial charge in [-0.1, -0.05) is 23.4 Å². The summed E-state index contributed by atoms with van der Waals surface area (Å²) in [5.74, 6) is 3.72. The van der Waals surface area contributed by atoms with E-state index in [0.29, 0.717) is 39.5 Å². The molecule has 4 saturated carbocycles. The highest BCUT2D eigenvalue weighted by Gasteiger charge is 2.48. The predicted octanol–water partition coefficient (Wildman–Crippen LogP) is 4.51. The number of hydrogen-bond acceptors (Lipinski definition) is 4. The minimum absolute atomic E-state index is 0.0998. The van der Waals surface area contributed by atoms with Crippen LogP contribution >= 0.6 is 23.4 Å². The third-order valence-corrected chi connectivity index (χ3v) is 7.27. The zero-order valence-corrected chi connectivity index (χ0v) is 15.5. The Morgan fingerprint density at radius 3 is 2.64 bits per heavy atom. The van der Waals surface area contributed by atoms with E-state index in [1.807, 2.05) is 6.07 Å². The summed E-state index contributed by atoms with van der Waals surface area (Å²) < 4.78 is 5.67. The largest absolute Gasteiger partial charge is 0.431 e. The van der Waals surface area contributed by atoms with Crippen LogP contribution in [0.5, 0.6) is 0 Å². The second kappa shape index (κ2) is 6.20. The quantitative estimate of drug-likeness (QED) is 0.797. The molecule has 0 spiro atoms. The van der Waals surface area contributed by atoms with Crippen molar-refractivity contribution in [3.63, 3.8) is 0 Å². The summed E-state index contributed by atoms with van der Waals surface area (Å²) >= 11 is 7.32. The van der Waals surface area contributed by atoms with Gasteiger partial charge in [0.15, 0.2) is 5.58 Å². The van der Waals surface area contributed by atoms with Gasteiger partial charge < -0.3 is 9.73 Å². The number of rotatable bonds is 4. The Kier molecular flexibility index (Phi) is 3.97. The molecule has 1 amide bonds. The first-order chi connectivity index (χ1) is 12.1. The lowest BCUT2D eigenvalue weighted by Gasteiger charge is -2.54. The molecule has 0 atom stereocenters. The number of fused-ring (bicyclic) bond motifs is 1. The van der Waals surface area contributed by atoms with Crippen molar-refractivity contribution in [2.45, 2.75) is 43.4 Å². The summed E-state index contributed by atoms with van der Waals surface area (Å²) in [5, 5.41) is 4.49. The third-order valence-electron chi connectivity index (χ3n) is 6.21. The van der Waals surface area contributed by atoms with Crippen molar-refractivity contribution in [3.8, 4) is 0 Å². The second-order valence-corrected chi connectivity index (χ2v) is 9.27. The first kappa shape index (κ1) is 16.0. The van der Waals surface area contributed by atoms with Crippen molar-refractivity contribution >= 4 is 40.4 Å². The number of amides is 1. The minimum atomic E-state index is 0.0998. The van der Waals surface area contributed by atoms with Gasteiger partial charge in [-0.3, -0.25) is 4.79 Å². The Labute approximate surface area is 156 Å². The van der Waals surface area contributed by atoms with E-state index in [4.69, 9.17) is 16.0 Å². The van der Waals surface area contributed by atoms with Crippen molar-refractivity contribution in [2.24, 2.45) is 23.7 Å². The molecule has 4 nitrogen and oxygen atoms in total. The van der Waals surface area contributed by atoms with E-state index >= 15 is 0 Å². The van der Waals surface area contributed by atoms with Crippen molar-refractivity contribution in [1.82, 2.24) is 10.3 Å². The number of hydrogen-bond donors (Lipinski definition) is 1. The van der Waals surface area contributed by atoms with Crippen molar-refractivity contribution in [1.29, 1.82) is 0 Å². The molecule has 0 saturated heterocycles. The van der Waals surface area contributed by atoms with Gasteiger partial charge in [-0.2, -0.15) is 0 Å². The summed E-state index contributed by atoms with van der Waals surface area (Å²) in [6, 6.07) is 5.76. The van der Waals surface area contributed by atoms with Gasteiger partial charge in [0.25, 0.3) is 5.22 Å². The molecule has 25 heavy (non-hydrogen) atoms. The number of nitrogens with zero attached hydrogens (tertiary/aromatic N) is 1. The van der Waals surface area contributed by atoms with Crippen LogP contribution in [0.1, 0.15) is 32.1 Å². The molecular formula is C19H21ClN2O2S. The molecule has 1 heterocycles. The summed E-state index contributed by atoms with van der Waals surface area (Å²) in [4.78, 5) is 16.9. The van der Waals surface area contributed by atoms with Crippen LogP contribution in [0, 0.1) is 23.7 Å². The Morgan fingerprint density at radius 1 is 1.20 bits per heavy atom. The predicted molar refractivity (Wildman–Crippen MR) is 98.7 cm³/mol. The Hall–Kier alpha value is -1.20. The van der Waals surface area contributed by atoms with Crippen molar-refractivity contribution < 1.29 is 9.21 Å². The summed E-state index contributed by atoms with van der Waals surface area (Å²) in [7, 11) is 0. The normalized spacial score (nSPS) is 33.1. The SMILES string of the molecule is O=C(CSc1nc2cc(Cl)ccc2o1)NC1C2CC3CC(C2)CC1C3. The van der Waals surface area contributed by atoms with Crippen LogP contribution in [0.4, 0.5) is 0 Å². The number of carbonyl (C=O) groups excluding carboxylic acids is 1. The maximum absolute atomic E-state index is 12.5. The van der Waals surface area contributed by atoms with Gasteiger partial charge in [0.2, 0.25) is 5.91 Å². The standard InChI is InChI=1S/C19H21ClN2O2S/c20-14-1-2-16-15(8-14)21-19(24-16)25-9-17(23)22-18-12-4-10-3-11(6-12)7-13(18)5-10/h1-2,8,10-13,18H,3-7,9H2,(H,22,23). The van der Waals surface area contributed by atoms with Crippen LogP contribution in [-0.4, -0.2) is 22.7 Å². The summed E-state index contributed by atoms with van der Waals surface area (Å²) in [5.41, 5.74) is 1.43. The lowest BCUT2D eigenvalue weighted by atomic mass is 9.54. The minimum Gasteiger partial charge on any atom is -0.431 e. The first-order valence-electron chi connectivity index (χ1n) is 9.12. The summed E-state index contributed by atoms with van der Waals surface area (Å²) in [6.45, 7) is 0. The fraction of sp³-hybridized carbons (Fsp3) is 0.579. The molecule has 0 aliphatic heterocycles. The summed E-state index contributed by atoms with van der Waals surface area (Å²) in [6.07, 6.45) is 6.70. The molecule has 6 rings (SSSR count). The Balaban J connectivity index is 1.20. The van der Waals surface area contributed by atoms with E-state index in [1.165, 1.54) is 43.9 Å². The number of carbonyl (C=O) groups is 1. The molecule has 4 aliphatic rings. The van der Waals surface area contributed by atoms with Crippen molar-refractivity contribution in [2.75, 3.05) is 5.75 Å². The van der Waals surface area contributed by atoms with Crippen LogP contribution in [0.2, 0.25) is 5.02 Å². The first-order valence-corrected chi connectivity index (χ1v) is 10.5. The van der Waals surface area contributed by atoms with Crippen LogP contribution < -0.4 is 5.32 Å². The number of halogens is 1. The maximum atomic E-state index is 12.5. The van der Waals surface area contributed by atoms with Crippen LogP contribution in [0.15, 0.2) is 27.8 Å². The van der Waals surface area contributed by atoms with Gasteiger partial charge in [-0.25, -0.2) is 4.98 Å². The lowest BCUT2D eigenvalue weighted by molar-refractivity contribution is -0.122. The number of oxazole rings is 1. The Bertz CT molecular complexity index is 793. The highest BCUT2D eigenvalue weighted by Crippen LogP contribution is 2.53. The van der Waals surface area contributed by atoms with E-state index in [-0.39, 0.29) is 5.91 Å². The molecule has 0 radical (unpaired) electrons. The molecule has 2 aromatic rings. The zero-order valence-electron chi connectivity index (χ0n) is 13.9. The molecule has 1 aromatic carbocycles. The van der Waals surface area contributed by atoms with E-state index < -0.39 is 0 Å². The van der Waals surface area contributed by atoms with Crippen LogP contribution in [0.25, 0.3) is 11.1 Å². The molecule has 1 N–H and O–H groups in total. The van der Waals surface area contributed by atoms with Gasteiger partial charge in [0.1, 0.15) is 5.52 Å². The maximum Gasteiger partial charge on any atom is 0.257 e. The fourth-order valence-corrected chi connectivity index (χ4v) is 6.27.